The van der Waals surface area contributed by atoms with Crippen LogP contribution in [-0.2, 0) is 0 Å². The number of anilines is 2. The van der Waals surface area contributed by atoms with E-state index in [9.17, 15) is 29.4 Å². The summed E-state index contributed by atoms with van der Waals surface area (Å²) in [4.78, 5) is 49.4. The minimum atomic E-state index is -1.29. The topological polar surface area (TPSA) is 170 Å². The number of hydrogen-bond acceptors (Lipinski definition) is 8. The van der Waals surface area contributed by atoms with Crippen LogP contribution >= 0.6 is 0 Å². The van der Waals surface area contributed by atoms with E-state index in [1.54, 1.807) is 48.5 Å². The fourth-order valence-electron chi connectivity index (χ4n) is 4.60. The van der Waals surface area contributed by atoms with Crippen molar-refractivity contribution in [2.75, 3.05) is 23.8 Å². The summed E-state index contributed by atoms with van der Waals surface area (Å²) in [7, 11) is 0. The van der Waals surface area contributed by atoms with Crippen LogP contribution in [0.1, 0.15) is 41.4 Å². The number of para-hydroxylation sites is 1. The van der Waals surface area contributed by atoms with Crippen LogP contribution in [-0.4, -0.2) is 47.2 Å². The second-order valence-corrected chi connectivity index (χ2v) is 10.3. The number of terminal acetylenes is 1. The van der Waals surface area contributed by atoms with Gasteiger partial charge >= 0.3 is 11.9 Å². The molecular weight excluding hydrogens is 644 g/mol. The molecule has 50 heavy (non-hydrogen) atoms. The summed E-state index contributed by atoms with van der Waals surface area (Å²) in [5.74, 6) is -1.90. The number of carbonyl (C=O) groups is 4. The van der Waals surface area contributed by atoms with E-state index in [-0.39, 0.29) is 41.2 Å². The predicted octanol–water partition coefficient (Wildman–Crippen LogP) is 6.81. The molecular formula is C38H28N2O10. The normalized spacial score (nSPS) is 10.2. The summed E-state index contributed by atoms with van der Waals surface area (Å²) < 4.78 is 22.1. The molecule has 2 amide bonds. The third kappa shape index (κ3) is 8.96. The first kappa shape index (κ1) is 34.1. The molecule has 4 N–H and O–H groups in total. The zero-order valence-electron chi connectivity index (χ0n) is 26.1. The van der Waals surface area contributed by atoms with Gasteiger partial charge in [0.05, 0.1) is 22.3 Å². The van der Waals surface area contributed by atoms with Crippen LogP contribution in [0.5, 0.6) is 28.7 Å². The van der Waals surface area contributed by atoms with Crippen molar-refractivity contribution in [1.29, 1.82) is 0 Å². The molecule has 250 valence electrons. The van der Waals surface area contributed by atoms with Gasteiger partial charge in [-0.25, -0.2) is 9.59 Å². The Bertz CT molecular complexity index is 2060. The summed E-state index contributed by atoms with van der Waals surface area (Å²) in [6.07, 6.45) is 7.10. The third-order valence-corrected chi connectivity index (χ3v) is 6.93. The van der Waals surface area contributed by atoms with Crippen LogP contribution < -0.4 is 29.6 Å². The quantitative estimate of drug-likeness (QED) is 0.0726. The Morgan fingerprint density at radius 1 is 0.540 bits per heavy atom. The van der Waals surface area contributed by atoms with E-state index < -0.39 is 23.8 Å². The number of ether oxygens (including phenoxy) is 4. The standard InChI is InChI=1S/C38H28N2O10/c1-2-47-29-16-18-31(37(43)44)33(22-29)35(41)39-24-8-12-27(13-9-24)50-28-14-10-25(11-15-28)40-36(42)34-23-30(17-19-32(34)38(45)46)49-21-20-48-26-6-4-3-5-7-26/h1,3-19,22-23H,20-21H2,(H,39,41)(H,40,42)(H,43,44)(H,45,46). The monoisotopic (exact) mass is 672 g/mol. The molecule has 0 saturated heterocycles. The Morgan fingerprint density at radius 2 is 0.980 bits per heavy atom. The Morgan fingerprint density at radius 3 is 1.46 bits per heavy atom. The van der Waals surface area contributed by atoms with Crippen molar-refractivity contribution >= 4 is 35.1 Å². The van der Waals surface area contributed by atoms with Crippen LogP contribution in [0, 0.1) is 12.5 Å². The fraction of sp³-hybridized carbons (Fsp3) is 0.0526. The average molecular weight is 673 g/mol. The van der Waals surface area contributed by atoms with Crippen LogP contribution in [0.2, 0.25) is 0 Å². The minimum absolute atomic E-state index is 0.0840. The molecule has 12 heteroatoms. The highest BCUT2D eigenvalue weighted by Crippen LogP contribution is 2.27. The largest absolute Gasteiger partial charge is 0.490 e. The van der Waals surface area contributed by atoms with Crippen molar-refractivity contribution in [3.05, 3.63) is 138 Å². The van der Waals surface area contributed by atoms with Gasteiger partial charge in [-0.15, -0.1) is 0 Å². The lowest BCUT2D eigenvalue weighted by Gasteiger charge is -2.12. The molecule has 0 fully saturated rings. The molecule has 0 unspecified atom stereocenters. The van der Waals surface area contributed by atoms with Crippen LogP contribution in [0.3, 0.4) is 0 Å². The molecule has 0 aliphatic heterocycles. The first-order valence-corrected chi connectivity index (χ1v) is 14.9. The fourth-order valence-corrected chi connectivity index (χ4v) is 4.60. The third-order valence-electron chi connectivity index (χ3n) is 6.93. The summed E-state index contributed by atoms with van der Waals surface area (Å²) >= 11 is 0. The summed E-state index contributed by atoms with van der Waals surface area (Å²) in [5, 5.41) is 24.4. The van der Waals surface area contributed by atoms with E-state index >= 15 is 0 Å². The first-order valence-electron chi connectivity index (χ1n) is 14.9. The van der Waals surface area contributed by atoms with Crippen molar-refractivity contribution in [3.63, 3.8) is 0 Å². The number of carboxylic acid groups (broad SMARTS) is 2. The van der Waals surface area contributed by atoms with Crippen LogP contribution in [0.15, 0.2) is 115 Å². The second-order valence-electron chi connectivity index (χ2n) is 10.3. The molecule has 0 aliphatic carbocycles. The first-order chi connectivity index (χ1) is 24.2. The predicted molar refractivity (Wildman–Crippen MR) is 183 cm³/mol. The van der Waals surface area contributed by atoms with Crippen molar-refractivity contribution in [2.45, 2.75) is 0 Å². The molecule has 0 heterocycles. The highest BCUT2D eigenvalue weighted by molar-refractivity contribution is 6.11. The maximum absolute atomic E-state index is 13.1. The Hall–Kier alpha value is -7.26. The van der Waals surface area contributed by atoms with E-state index in [1.165, 1.54) is 36.4 Å². The van der Waals surface area contributed by atoms with Gasteiger partial charge in [0.2, 0.25) is 0 Å². The van der Waals surface area contributed by atoms with E-state index in [0.717, 1.165) is 0 Å². The summed E-state index contributed by atoms with van der Waals surface area (Å²) in [6.45, 7) is 0.420. The lowest BCUT2D eigenvalue weighted by Crippen LogP contribution is -2.17. The van der Waals surface area contributed by atoms with Crippen molar-refractivity contribution < 1.29 is 48.3 Å². The molecule has 5 aromatic rings. The maximum atomic E-state index is 13.1. The minimum Gasteiger partial charge on any atom is -0.490 e. The summed E-state index contributed by atoms with van der Waals surface area (Å²) in [6, 6.07) is 29.9. The van der Waals surface area contributed by atoms with Crippen molar-refractivity contribution in [2.24, 2.45) is 0 Å². The Kier molecular flexibility index (Phi) is 10.9. The number of hydrogen-bond donors (Lipinski definition) is 4. The zero-order valence-corrected chi connectivity index (χ0v) is 26.1. The molecule has 0 spiro atoms. The molecule has 0 radical (unpaired) electrons. The highest BCUT2D eigenvalue weighted by Gasteiger charge is 2.20. The van der Waals surface area contributed by atoms with E-state index in [4.69, 9.17) is 25.4 Å². The van der Waals surface area contributed by atoms with Gasteiger partial charge in [-0.2, -0.15) is 0 Å². The van der Waals surface area contributed by atoms with E-state index in [0.29, 0.717) is 34.4 Å². The highest BCUT2D eigenvalue weighted by atomic mass is 16.5. The number of aromatic carboxylic acids is 2. The Balaban J connectivity index is 1.18. The van der Waals surface area contributed by atoms with Gasteiger partial charge in [0.1, 0.15) is 48.1 Å². The Labute approximate surface area is 285 Å². The van der Waals surface area contributed by atoms with E-state index in [2.05, 4.69) is 10.6 Å². The number of carboxylic acids is 2. The molecule has 0 aromatic heterocycles. The van der Waals surface area contributed by atoms with Gasteiger partial charge in [0.15, 0.2) is 0 Å². The number of benzene rings is 5. The summed E-state index contributed by atoms with van der Waals surface area (Å²) in [5.41, 5.74) is 0.121. The SMILES string of the molecule is C#COc1ccc(C(=O)O)c(C(=O)Nc2ccc(Oc3ccc(NC(=O)c4cc(OCCOc5ccccc5)ccc4C(=O)O)cc3)cc2)c1. The van der Waals surface area contributed by atoms with Gasteiger partial charge in [-0.05, 0) is 97.1 Å². The zero-order chi connectivity index (χ0) is 35.5. The van der Waals surface area contributed by atoms with Gasteiger partial charge in [-0.1, -0.05) is 24.6 Å². The lowest BCUT2D eigenvalue weighted by molar-refractivity contribution is 0.0683. The number of carbonyl (C=O) groups excluding carboxylic acids is 2. The maximum Gasteiger partial charge on any atom is 0.336 e. The smallest absolute Gasteiger partial charge is 0.336 e. The van der Waals surface area contributed by atoms with Gasteiger partial charge in [-0.3, -0.25) is 9.59 Å². The number of nitrogens with one attached hydrogen (secondary N) is 2. The van der Waals surface area contributed by atoms with E-state index in [1.807, 2.05) is 36.4 Å². The number of amides is 2. The second kappa shape index (κ2) is 16.0. The molecule has 0 aliphatic rings. The molecule has 5 aromatic carbocycles. The van der Waals surface area contributed by atoms with Gasteiger partial charge in [0, 0.05) is 11.4 Å². The molecule has 0 atom stereocenters. The van der Waals surface area contributed by atoms with Crippen molar-refractivity contribution in [3.8, 4) is 41.3 Å². The van der Waals surface area contributed by atoms with Crippen LogP contribution in [0.25, 0.3) is 0 Å². The molecule has 0 saturated carbocycles. The molecule has 12 nitrogen and oxygen atoms in total. The van der Waals surface area contributed by atoms with Gasteiger partial charge < -0.3 is 39.8 Å². The number of rotatable bonds is 14. The average Bonchev–Trinajstić information content (AvgIpc) is 3.12. The van der Waals surface area contributed by atoms with Crippen molar-refractivity contribution in [1.82, 2.24) is 0 Å². The van der Waals surface area contributed by atoms with Crippen LogP contribution in [0.4, 0.5) is 11.4 Å². The molecule has 5 rings (SSSR count). The lowest BCUT2D eigenvalue weighted by atomic mass is 10.1. The molecule has 0 bridgehead atoms. The van der Waals surface area contributed by atoms with Gasteiger partial charge in [0.25, 0.3) is 11.8 Å².